The van der Waals surface area contributed by atoms with Crippen molar-refractivity contribution in [1.82, 2.24) is 0 Å². The highest BCUT2D eigenvalue weighted by Crippen LogP contribution is 2.34. The smallest absolute Gasteiger partial charge is 0.303 e. The second-order valence-corrected chi connectivity index (χ2v) is 6.17. The van der Waals surface area contributed by atoms with Crippen molar-refractivity contribution >= 4 is 29.8 Å². The van der Waals surface area contributed by atoms with Gasteiger partial charge in [-0.25, -0.2) is 0 Å². The van der Waals surface area contributed by atoms with Gasteiger partial charge in [-0.3, -0.25) is 24.0 Å². The van der Waals surface area contributed by atoms with E-state index in [0.29, 0.717) is 0 Å². The summed E-state index contributed by atoms with van der Waals surface area (Å²) in [4.78, 5) is 57.3. The molecule has 10 nitrogen and oxygen atoms in total. The molecule has 152 valence electrons. The van der Waals surface area contributed by atoms with E-state index in [1.165, 1.54) is 13.8 Å². The summed E-state index contributed by atoms with van der Waals surface area (Å²) in [6, 6.07) is 0. The van der Waals surface area contributed by atoms with Crippen LogP contribution < -0.4 is 0 Å². The normalized spacial score (nSPS) is 27.1. The van der Waals surface area contributed by atoms with Gasteiger partial charge in [0.15, 0.2) is 12.2 Å². The monoisotopic (exact) mass is 388 g/mol. The number of carbonyl (C=O) groups is 5. The predicted molar refractivity (Wildman–Crippen MR) is 87.0 cm³/mol. The molecule has 0 heterocycles. The summed E-state index contributed by atoms with van der Waals surface area (Å²) in [5, 5.41) is 0. The molecule has 0 amide bonds. The maximum absolute atomic E-state index is 11.6. The summed E-state index contributed by atoms with van der Waals surface area (Å²) < 4.78 is 25.9. The highest BCUT2D eigenvalue weighted by Gasteiger charge is 2.52. The van der Waals surface area contributed by atoms with Crippen LogP contribution in [-0.4, -0.2) is 60.9 Å². The lowest BCUT2D eigenvalue weighted by Crippen LogP contribution is -2.59. The Kier molecular flexibility index (Phi) is 8.20. The summed E-state index contributed by atoms with van der Waals surface area (Å²) in [6.45, 7) is 5.64. The van der Waals surface area contributed by atoms with Crippen LogP contribution in [0.1, 0.15) is 41.0 Å². The van der Waals surface area contributed by atoms with Crippen molar-refractivity contribution in [2.24, 2.45) is 5.92 Å². The van der Waals surface area contributed by atoms with Crippen LogP contribution in [-0.2, 0) is 47.7 Å². The molecular formula is C17H24O10. The molecule has 0 aromatic carbocycles. The van der Waals surface area contributed by atoms with Gasteiger partial charge in [0.1, 0.15) is 12.2 Å². The molecule has 27 heavy (non-hydrogen) atoms. The molecule has 1 aliphatic carbocycles. The average Bonchev–Trinajstić information content (AvgIpc) is 2.49. The standard InChI is InChI=1S/C17H24O10/c1-8(18)23-7-13-6-14(24-9(2)19)16(26-11(4)21)17(27-12(5)22)15(13)25-10(3)20/h13-17H,6-7H2,1-5H3/t13-,14+,15-,16-,17-/m1/s1. The molecule has 0 aromatic rings. The molecule has 1 rings (SSSR count). The lowest BCUT2D eigenvalue weighted by Gasteiger charge is -2.43. The van der Waals surface area contributed by atoms with Crippen LogP contribution in [0.5, 0.6) is 0 Å². The van der Waals surface area contributed by atoms with Crippen molar-refractivity contribution in [3.63, 3.8) is 0 Å². The van der Waals surface area contributed by atoms with Crippen LogP contribution in [0, 0.1) is 5.92 Å². The quantitative estimate of drug-likeness (QED) is 0.462. The van der Waals surface area contributed by atoms with Gasteiger partial charge in [0.2, 0.25) is 0 Å². The van der Waals surface area contributed by atoms with E-state index in [-0.39, 0.29) is 13.0 Å². The van der Waals surface area contributed by atoms with Crippen molar-refractivity contribution in [3.05, 3.63) is 0 Å². The predicted octanol–water partition coefficient (Wildman–Crippen LogP) is 0.296. The Labute approximate surface area is 156 Å². The van der Waals surface area contributed by atoms with Crippen LogP contribution in [0.2, 0.25) is 0 Å². The second kappa shape index (κ2) is 9.89. The average molecular weight is 388 g/mol. The third-order valence-corrected chi connectivity index (χ3v) is 3.74. The van der Waals surface area contributed by atoms with Crippen molar-refractivity contribution < 1.29 is 47.7 Å². The zero-order chi connectivity index (χ0) is 20.7. The summed E-state index contributed by atoms with van der Waals surface area (Å²) in [5.41, 5.74) is 0. The van der Waals surface area contributed by atoms with Gasteiger partial charge in [0, 0.05) is 40.5 Å². The van der Waals surface area contributed by atoms with Crippen molar-refractivity contribution in [3.8, 4) is 0 Å². The van der Waals surface area contributed by atoms with Crippen molar-refractivity contribution in [2.75, 3.05) is 6.61 Å². The Morgan fingerprint density at radius 3 is 1.52 bits per heavy atom. The molecule has 1 fully saturated rings. The van der Waals surface area contributed by atoms with Crippen LogP contribution >= 0.6 is 0 Å². The first kappa shape index (κ1) is 22.4. The Morgan fingerprint density at radius 2 is 1.07 bits per heavy atom. The van der Waals surface area contributed by atoms with E-state index in [1.54, 1.807) is 0 Å². The van der Waals surface area contributed by atoms with Gasteiger partial charge in [-0.1, -0.05) is 0 Å². The number of rotatable bonds is 6. The molecule has 0 saturated heterocycles. The Hall–Kier alpha value is -2.65. The molecule has 10 heteroatoms. The van der Waals surface area contributed by atoms with Crippen LogP contribution in [0.15, 0.2) is 0 Å². The molecule has 5 atom stereocenters. The van der Waals surface area contributed by atoms with E-state index in [2.05, 4.69) is 0 Å². The molecular weight excluding hydrogens is 364 g/mol. The maximum Gasteiger partial charge on any atom is 0.303 e. The topological polar surface area (TPSA) is 132 Å². The minimum Gasteiger partial charge on any atom is -0.465 e. The van der Waals surface area contributed by atoms with Gasteiger partial charge in [-0.15, -0.1) is 0 Å². The van der Waals surface area contributed by atoms with E-state index in [1.807, 2.05) is 0 Å². The summed E-state index contributed by atoms with van der Waals surface area (Å²) in [6.07, 6.45) is -4.42. The van der Waals surface area contributed by atoms with Crippen LogP contribution in [0.25, 0.3) is 0 Å². The summed E-state index contributed by atoms with van der Waals surface area (Å²) in [7, 11) is 0. The molecule has 1 saturated carbocycles. The lowest BCUT2D eigenvalue weighted by atomic mass is 9.80. The van der Waals surface area contributed by atoms with Crippen molar-refractivity contribution in [1.29, 1.82) is 0 Å². The first-order chi connectivity index (χ1) is 12.5. The lowest BCUT2D eigenvalue weighted by molar-refractivity contribution is -0.221. The van der Waals surface area contributed by atoms with Gasteiger partial charge >= 0.3 is 29.8 Å². The number of esters is 5. The minimum atomic E-state index is -1.24. The molecule has 0 N–H and O–H groups in total. The zero-order valence-corrected chi connectivity index (χ0v) is 15.9. The number of hydrogen-bond acceptors (Lipinski definition) is 10. The first-order valence-electron chi connectivity index (χ1n) is 8.33. The molecule has 0 spiro atoms. The fourth-order valence-electron chi connectivity index (χ4n) is 2.96. The van der Waals surface area contributed by atoms with Crippen LogP contribution in [0.3, 0.4) is 0 Å². The summed E-state index contributed by atoms with van der Waals surface area (Å²) >= 11 is 0. The Morgan fingerprint density at radius 1 is 0.630 bits per heavy atom. The second-order valence-electron chi connectivity index (χ2n) is 6.17. The number of ether oxygens (including phenoxy) is 5. The third kappa shape index (κ3) is 7.24. The number of carbonyl (C=O) groups excluding carboxylic acids is 5. The van der Waals surface area contributed by atoms with E-state index < -0.39 is 60.2 Å². The van der Waals surface area contributed by atoms with Gasteiger partial charge in [0.05, 0.1) is 6.61 Å². The highest BCUT2D eigenvalue weighted by molar-refractivity contribution is 5.69. The van der Waals surface area contributed by atoms with Gasteiger partial charge in [-0.2, -0.15) is 0 Å². The SMILES string of the molecule is CC(=O)OC[C@H]1C[C@H](OC(C)=O)[C@@H](OC(C)=O)[C@H](OC(C)=O)[C@@H]1OC(C)=O. The molecule has 0 aromatic heterocycles. The first-order valence-corrected chi connectivity index (χ1v) is 8.33. The molecule has 0 unspecified atom stereocenters. The van der Waals surface area contributed by atoms with Crippen molar-refractivity contribution in [2.45, 2.75) is 65.5 Å². The van der Waals surface area contributed by atoms with Gasteiger partial charge in [-0.05, 0) is 6.42 Å². The van der Waals surface area contributed by atoms with E-state index in [9.17, 15) is 24.0 Å². The summed E-state index contributed by atoms with van der Waals surface area (Å²) in [5.74, 6) is -3.95. The molecule has 1 aliphatic rings. The minimum absolute atomic E-state index is 0.0561. The molecule has 0 bridgehead atoms. The number of hydrogen-bond donors (Lipinski definition) is 0. The molecule has 0 radical (unpaired) electrons. The van der Waals surface area contributed by atoms with E-state index in [4.69, 9.17) is 23.7 Å². The largest absolute Gasteiger partial charge is 0.465 e. The van der Waals surface area contributed by atoms with E-state index >= 15 is 0 Å². The fraction of sp³-hybridized carbons (Fsp3) is 0.706. The fourth-order valence-corrected chi connectivity index (χ4v) is 2.96. The molecule has 0 aliphatic heterocycles. The Balaban J connectivity index is 3.29. The van der Waals surface area contributed by atoms with E-state index in [0.717, 1.165) is 20.8 Å². The Bertz CT molecular complexity index is 599. The highest BCUT2D eigenvalue weighted by atomic mass is 16.6. The van der Waals surface area contributed by atoms with Gasteiger partial charge < -0.3 is 23.7 Å². The van der Waals surface area contributed by atoms with Crippen LogP contribution in [0.4, 0.5) is 0 Å². The zero-order valence-electron chi connectivity index (χ0n) is 15.9. The third-order valence-electron chi connectivity index (χ3n) is 3.74. The maximum atomic E-state index is 11.6. The van der Waals surface area contributed by atoms with Gasteiger partial charge in [0.25, 0.3) is 0 Å².